The van der Waals surface area contributed by atoms with E-state index in [1.54, 1.807) is 0 Å². The zero-order valence-electron chi connectivity index (χ0n) is 4.96. The van der Waals surface area contributed by atoms with Crippen molar-refractivity contribution in [3.8, 4) is 0 Å². The third-order valence-electron chi connectivity index (χ3n) is 1.04. The van der Waals surface area contributed by atoms with Crippen LogP contribution < -0.4 is 10.8 Å². The fraction of sp³-hybridized carbons (Fsp3) is 0.500. The molecule has 56 valence electrons. The molecular formula is C4H6N2O4. The molecule has 1 aliphatic rings. The second-order valence-electron chi connectivity index (χ2n) is 1.78. The Balaban J connectivity index is 2.40. The molecule has 0 unspecified atom stereocenters. The van der Waals surface area contributed by atoms with Crippen LogP contribution in [-0.2, 0) is 9.63 Å². The van der Waals surface area contributed by atoms with Crippen molar-refractivity contribution in [3.63, 3.8) is 0 Å². The van der Waals surface area contributed by atoms with Gasteiger partial charge in [0.25, 0.3) is 5.91 Å². The summed E-state index contributed by atoms with van der Waals surface area (Å²) in [6.45, 7) is 0.0468. The maximum atomic E-state index is 10.5. The van der Waals surface area contributed by atoms with Crippen LogP contribution in [0.4, 0.5) is 4.79 Å². The Labute approximate surface area is 56.1 Å². The van der Waals surface area contributed by atoms with Gasteiger partial charge in [0.2, 0.25) is 0 Å². The summed E-state index contributed by atoms with van der Waals surface area (Å²) in [4.78, 5) is 24.9. The van der Waals surface area contributed by atoms with E-state index < -0.39 is 18.0 Å². The van der Waals surface area contributed by atoms with Crippen molar-refractivity contribution in [2.24, 2.45) is 0 Å². The van der Waals surface area contributed by atoms with Crippen LogP contribution in [0.25, 0.3) is 0 Å². The van der Waals surface area contributed by atoms with Gasteiger partial charge in [0.1, 0.15) is 12.6 Å². The number of carbonyl (C=O) groups is 2. The van der Waals surface area contributed by atoms with Crippen LogP contribution in [0.15, 0.2) is 0 Å². The van der Waals surface area contributed by atoms with Crippen LogP contribution >= 0.6 is 0 Å². The molecule has 6 nitrogen and oxygen atoms in total. The van der Waals surface area contributed by atoms with Crippen molar-refractivity contribution in [2.75, 3.05) is 6.61 Å². The topological polar surface area (TPSA) is 87.7 Å². The molecule has 1 fully saturated rings. The minimum absolute atomic E-state index is 0.0468. The first-order valence-electron chi connectivity index (χ1n) is 2.61. The first kappa shape index (κ1) is 6.81. The predicted molar refractivity (Wildman–Crippen MR) is 29.0 cm³/mol. The van der Waals surface area contributed by atoms with Gasteiger partial charge in [-0.15, -0.1) is 0 Å². The average molecular weight is 146 g/mol. The Hall–Kier alpha value is -1.30. The molecule has 1 atom stereocenters. The second-order valence-corrected chi connectivity index (χ2v) is 1.78. The molecule has 0 radical (unpaired) electrons. The van der Waals surface area contributed by atoms with Crippen molar-refractivity contribution >= 4 is 12.0 Å². The lowest BCUT2D eigenvalue weighted by molar-refractivity contribution is -0.125. The van der Waals surface area contributed by atoms with Gasteiger partial charge in [-0.1, -0.05) is 0 Å². The molecule has 3 N–H and O–H groups in total. The van der Waals surface area contributed by atoms with E-state index in [-0.39, 0.29) is 6.61 Å². The van der Waals surface area contributed by atoms with Gasteiger partial charge >= 0.3 is 6.09 Å². The van der Waals surface area contributed by atoms with E-state index in [1.165, 1.54) is 0 Å². The Bertz CT molecular complexity index is 169. The van der Waals surface area contributed by atoms with Crippen LogP contribution in [0.3, 0.4) is 0 Å². The number of hydroxylamine groups is 1. The van der Waals surface area contributed by atoms with Gasteiger partial charge in [-0.05, 0) is 0 Å². The van der Waals surface area contributed by atoms with Gasteiger partial charge < -0.3 is 10.4 Å². The van der Waals surface area contributed by atoms with E-state index >= 15 is 0 Å². The summed E-state index contributed by atoms with van der Waals surface area (Å²) in [5, 5.41) is 10.1. The van der Waals surface area contributed by atoms with Crippen LogP contribution in [0, 0.1) is 0 Å². The molecule has 0 saturated carbocycles. The molecular weight excluding hydrogens is 140 g/mol. The van der Waals surface area contributed by atoms with Gasteiger partial charge in [0.05, 0.1) is 0 Å². The molecule has 0 bridgehead atoms. The van der Waals surface area contributed by atoms with Crippen molar-refractivity contribution in [1.82, 2.24) is 10.8 Å². The van der Waals surface area contributed by atoms with Crippen LogP contribution in [0.1, 0.15) is 0 Å². The maximum Gasteiger partial charge on any atom is 0.405 e. The minimum atomic E-state index is -1.23. The largest absolute Gasteiger partial charge is 0.465 e. The van der Waals surface area contributed by atoms with E-state index in [1.807, 2.05) is 10.8 Å². The lowest BCUT2D eigenvalue weighted by Crippen LogP contribution is -2.40. The van der Waals surface area contributed by atoms with E-state index in [0.29, 0.717) is 0 Å². The fourth-order valence-electron chi connectivity index (χ4n) is 0.599. The highest BCUT2D eigenvalue weighted by Gasteiger charge is 2.26. The number of amides is 2. The lowest BCUT2D eigenvalue weighted by Gasteiger charge is -2.01. The summed E-state index contributed by atoms with van der Waals surface area (Å²) < 4.78 is 0. The van der Waals surface area contributed by atoms with Crippen molar-refractivity contribution in [2.45, 2.75) is 6.04 Å². The van der Waals surface area contributed by atoms with Crippen molar-refractivity contribution < 1.29 is 19.5 Å². The molecule has 1 rings (SSSR count). The summed E-state index contributed by atoms with van der Waals surface area (Å²) in [7, 11) is 0. The average Bonchev–Trinajstić information content (AvgIpc) is 2.15. The van der Waals surface area contributed by atoms with Crippen molar-refractivity contribution in [3.05, 3.63) is 0 Å². The standard InChI is InChI=1S/C4H6N2O4/c7-3-2(1-10-6-3)5-4(8)9/h2,5H,1H2,(H,6,7)(H,8,9)/t2-/m1/s1. The normalized spacial score (nSPS) is 24.0. The number of hydrogen-bond acceptors (Lipinski definition) is 3. The molecule has 10 heavy (non-hydrogen) atoms. The number of rotatable bonds is 1. The summed E-state index contributed by atoms with van der Waals surface area (Å²) in [6, 6.07) is -0.766. The quantitative estimate of drug-likeness (QED) is 0.428. The molecule has 1 aliphatic heterocycles. The minimum Gasteiger partial charge on any atom is -0.465 e. The molecule has 1 saturated heterocycles. The van der Waals surface area contributed by atoms with Gasteiger partial charge in [-0.25, -0.2) is 10.3 Å². The molecule has 0 spiro atoms. The van der Waals surface area contributed by atoms with Gasteiger partial charge in [-0.2, -0.15) is 0 Å². The van der Waals surface area contributed by atoms with Crippen LogP contribution in [-0.4, -0.2) is 29.8 Å². The Morgan fingerprint density at radius 3 is 3.00 bits per heavy atom. The fourth-order valence-corrected chi connectivity index (χ4v) is 0.599. The molecule has 6 heteroatoms. The van der Waals surface area contributed by atoms with Gasteiger partial charge in [0.15, 0.2) is 0 Å². The molecule has 0 aromatic carbocycles. The monoisotopic (exact) mass is 146 g/mol. The Morgan fingerprint density at radius 1 is 1.90 bits per heavy atom. The zero-order valence-corrected chi connectivity index (χ0v) is 4.96. The lowest BCUT2D eigenvalue weighted by atomic mass is 10.3. The molecule has 0 aliphatic carbocycles. The van der Waals surface area contributed by atoms with E-state index in [9.17, 15) is 9.59 Å². The highest BCUT2D eigenvalue weighted by atomic mass is 16.7. The summed E-state index contributed by atoms with van der Waals surface area (Å²) in [5.41, 5.74) is 2.01. The second kappa shape index (κ2) is 2.53. The summed E-state index contributed by atoms with van der Waals surface area (Å²) in [6.07, 6.45) is -1.23. The smallest absolute Gasteiger partial charge is 0.405 e. The first-order chi connectivity index (χ1) is 4.70. The molecule has 0 aromatic rings. The number of carbonyl (C=O) groups excluding carboxylic acids is 1. The Morgan fingerprint density at radius 2 is 2.60 bits per heavy atom. The Kier molecular flexibility index (Phi) is 1.72. The van der Waals surface area contributed by atoms with Crippen LogP contribution in [0.2, 0.25) is 0 Å². The summed E-state index contributed by atoms with van der Waals surface area (Å²) >= 11 is 0. The molecule has 0 aromatic heterocycles. The van der Waals surface area contributed by atoms with E-state index in [2.05, 4.69) is 4.84 Å². The first-order valence-corrected chi connectivity index (χ1v) is 2.61. The van der Waals surface area contributed by atoms with Gasteiger partial charge in [-0.3, -0.25) is 9.63 Å². The number of hydrogen-bond donors (Lipinski definition) is 3. The summed E-state index contributed by atoms with van der Waals surface area (Å²) in [5.74, 6) is -0.456. The van der Waals surface area contributed by atoms with Crippen LogP contribution in [0.5, 0.6) is 0 Å². The van der Waals surface area contributed by atoms with Crippen molar-refractivity contribution in [1.29, 1.82) is 0 Å². The maximum absolute atomic E-state index is 10.5. The van der Waals surface area contributed by atoms with Gasteiger partial charge in [0, 0.05) is 0 Å². The highest BCUT2D eigenvalue weighted by molar-refractivity contribution is 5.85. The number of carboxylic acid groups (broad SMARTS) is 1. The highest BCUT2D eigenvalue weighted by Crippen LogP contribution is 1.92. The SMILES string of the molecule is O=C(O)N[C@@H]1CONC1=O. The zero-order chi connectivity index (χ0) is 7.56. The van der Waals surface area contributed by atoms with E-state index in [4.69, 9.17) is 5.11 Å². The molecule has 1 heterocycles. The van der Waals surface area contributed by atoms with E-state index in [0.717, 1.165) is 0 Å². The predicted octanol–water partition coefficient (Wildman–Crippen LogP) is -1.32. The molecule has 2 amide bonds. The third kappa shape index (κ3) is 1.35. The third-order valence-corrected chi connectivity index (χ3v) is 1.04. The number of nitrogens with one attached hydrogen (secondary N) is 2.